The number of esters is 1. The number of nitrogens with two attached hydrogens (primary N) is 1. The second kappa shape index (κ2) is 8.78. The van der Waals surface area contributed by atoms with Crippen LogP contribution in [0.3, 0.4) is 0 Å². The number of carbonyl (C=O) groups excluding carboxylic acids is 2. The van der Waals surface area contributed by atoms with Crippen molar-refractivity contribution in [3.05, 3.63) is 52.9 Å². The minimum Gasteiger partial charge on any atom is -0.467 e. The van der Waals surface area contributed by atoms with E-state index in [1.165, 1.54) is 22.7 Å². The van der Waals surface area contributed by atoms with Crippen LogP contribution in [0, 0.1) is 13.8 Å². The van der Waals surface area contributed by atoms with Crippen LogP contribution in [0.2, 0.25) is 0 Å². The highest BCUT2D eigenvalue weighted by atomic mass is 32.2. The zero-order valence-corrected chi connectivity index (χ0v) is 18.5. The molecule has 32 heavy (non-hydrogen) atoms. The lowest BCUT2D eigenvalue weighted by Crippen LogP contribution is -2.46. The van der Waals surface area contributed by atoms with Gasteiger partial charge in [-0.1, -0.05) is 11.8 Å². The highest BCUT2D eigenvalue weighted by Crippen LogP contribution is 2.30. The zero-order chi connectivity index (χ0) is 22.8. The van der Waals surface area contributed by atoms with E-state index in [-0.39, 0.29) is 17.9 Å². The van der Waals surface area contributed by atoms with E-state index in [1.54, 1.807) is 23.7 Å². The number of hydrogen-bond donors (Lipinski definition) is 3. The van der Waals surface area contributed by atoms with Gasteiger partial charge in [-0.15, -0.1) is 10.2 Å². The molecule has 0 bridgehead atoms. The van der Waals surface area contributed by atoms with Crippen LogP contribution in [0.25, 0.3) is 5.95 Å². The Balaban J connectivity index is 1.64. The maximum atomic E-state index is 12.7. The highest BCUT2D eigenvalue weighted by molar-refractivity contribution is 7.99. The summed E-state index contributed by atoms with van der Waals surface area (Å²) in [6, 6.07) is 4.01. The largest absolute Gasteiger partial charge is 0.467 e. The van der Waals surface area contributed by atoms with Gasteiger partial charge in [0.1, 0.15) is 11.8 Å². The Hall–Kier alpha value is -3.74. The average molecular weight is 459 g/mol. The van der Waals surface area contributed by atoms with Crippen molar-refractivity contribution >= 4 is 23.8 Å². The van der Waals surface area contributed by atoms with E-state index in [0.717, 1.165) is 11.4 Å². The summed E-state index contributed by atoms with van der Waals surface area (Å²) >= 11 is 1.21. The lowest BCUT2D eigenvalue weighted by atomic mass is 10.0. The molecule has 3 aromatic rings. The van der Waals surface area contributed by atoms with Crippen molar-refractivity contribution in [2.24, 2.45) is 0 Å². The second-order valence-corrected chi connectivity index (χ2v) is 7.88. The molecule has 2 amide bonds. The normalized spacial score (nSPS) is 16.1. The van der Waals surface area contributed by atoms with Crippen molar-refractivity contribution in [3.8, 4) is 5.95 Å². The molecule has 3 aromatic heterocycles. The minimum absolute atomic E-state index is 0.185. The summed E-state index contributed by atoms with van der Waals surface area (Å²) in [7, 11) is 0. The summed E-state index contributed by atoms with van der Waals surface area (Å²) in [6.45, 7) is 5.65. The minimum atomic E-state index is -0.783. The molecular formula is C19H22N8O4S. The van der Waals surface area contributed by atoms with E-state index >= 15 is 0 Å². The van der Waals surface area contributed by atoms with Gasteiger partial charge in [0, 0.05) is 17.1 Å². The average Bonchev–Trinajstić information content (AvgIpc) is 3.47. The maximum Gasteiger partial charge on any atom is 0.338 e. The van der Waals surface area contributed by atoms with E-state index in [4.69, 9.17) is 15.0 Å². The van der Waals surface area contributed by atoms with Crippen molar-refractivity contribution in [1.29, 1.82) is 0 Å². The predicted octanol–water partition coefficient (Wildman–Crippen LogP) is 1.35. The lowest BCUT2D eigenvalue weighted by molar-refractivity contribution is -0.139. The number of amides is 2. The van der Waals surface area contributed by atoms with E-state index in [0.29, 0.717) is 22.6 Å². The Morgan fingerprint density at radius 3 is 2.84 bits per heavy atom. The smallest absolute Gasteiger partial charge is 0.338 e. The molecule has 168 valence electrons. The number of ether oxygens (including phenoxy) is 1. The Bertz CT molecular complexity index is 1180. The summed E-state index contributed by atoms with van der Waals surface area (Å²) in [4.78, 5) is 25.0. The third kappa shape index (κ3) is 4.06. The summed E-state index contributed by atoms with van der Waals surface area (Å²) in [5, 5.41) is 18.4. The first kappa shape index (κ1) is 21.5. The third-order valence-corrected chi connectivity index (χ3v) is 5.64. The molecule has 1 aliphatic rings. The molecule has 0 aliphatic carbocycles. The Kier molecular flexibility index (Phi) is 5.90. The number of nitrogens with zero attached hydrogens (tertiary/aromatic N) is 5. The molecule has 1 atom stereocenters. The number of furan rings is 1. The van der Waals surface area contributed by atoms with E-state index < -0.39 is 18.0 Å². The van der Waals surface area contributed by atoms with Gasteiger partial charge in [-0.3, -0.25) is 0 Å². The molecule has 0 radical (unpaired) electrons. The first-order valence-corrected chi connectivity index (χ1v) is 10.8. The van der Waals surface area contributed by atoms with Gasteiger partial charge in [0.25, 0.3) is 5.95 Å². The fourth-order valence-corrected chi connectivity index (χ4v) is 4.15. The van der Waals surface area contributed by atoms with Crippen molar-refractivity contribution in [1.82, 2.24) is 35.3 Å². The van der Waals surface area contributed by atoms with Gasteiger partial charge in [-0.2, -0.15) is 5.10 Å². The lowest BCUT2D eigenvalue weighted by Gasteiger charge is -2.27. The summed E-state index contributed by atoms with van der Waals surface area (Å²) in [5.74, 6) is 6.58. The molecule has 0 spiro atoms. The van der Waals surface area contributed by atoms with E-state index in [9.17, 15) is 9.59 Å². The quantitative estimate of drug-likeness (QED) is 0.270. The van der Waals surface area contributed by atoms with Crippen molar-refractivity contribution in [2.75, 3.05) is 18.2 Å². The fourth-order valence-electron chi connectivity index (χ4n) is 3.33. The fraction of sp³-hybridized carbons (Fsp3) is 0.316. The SMILES string of the molecule is CCOC(=O)C1=C(CSc2nnc(-n3nc(C)cc3C)n2N)NC(=O)NC1c1ccco1. The first-order chi connectivity index (χ1) is 15.4. The van der Waals surface area contributed by atoms with Gasteiger partial charge < -0.3 is 25.6 Å². The van der Waals surface area contributed by atoms with Gasteiger partial charge in [0.15, 0.2) is 0 Å². The molecule has 1 unspecified atom stereocenters. The second-order valence-electron chi connectivity index (χ2n) is 6.94. The molecule has 4 heterocycles. The molecule has 0 aromatic carbocycles. The molecular weight excluding hydrogens is 436 g/mol. The van der Waals surface area contributed by atoms with Crippen LogP contribution in [0.4, 0.5) is 4.79 Å². The van der Waals surface area contributed by atoms with Crippen molar-refractivity contribution in [3.63, 3.8) is 0 Å². The number of urea groups is 1. The number of thioether (sulfide) groups is 1. The standard InChI is InChI=1S/C19H22N8O4S/c1-4-30-16(28)14-12(21-17(29)22-15(14)13-6-5-7-31-13)9-32-19-24-23-18(26(19)20)27-11(3)8-10(2)25-27/h5-8,15H,4,9,20H2,1-3H3,(H2,21,22,29). The topological polar surface area (TPSA) is 155 Å². The van der Waals surface area contributed by atoms with Crippen LogP contribution in [0.1, 0.15) is 30.1 Å². The molecule has 0 saturated carbocycles. The third-order valence-electron chi connectivity index (χ3n) is 4.67. The number of rotatable bonds is 7. The molecule has 1 aliphatic heterocycles. The van der Waals surface area contributed by atoms with E-state index in [2.05, 4.69) is 25.9 Å². The first-order valence-electron chi connectivity index (χ1n) is 9.77. The van der Waals surface area contributed by atoms with Gasteiger partial charge in [0.2, 0.25) is 5.16 Å². The molecule has 0 fully saturated rings. The monoisotopic (exact) mass is 458 g/mol. The molecule has 0 saturated heterocycles. The van der Waals surface area contributed by atoms with Crippen LogP contribution in [0.15, 0.2) is 45.3 Å². The van der Waals surface area contributed by atoms with Gasteiger partial charge in [-0.25, -0.2) is 18.9 Å². The van der Waals surface area contributed by atoms with Crippen molar-refractivity contribution < 1.29 is 18.7 Å². The van der Waals surface area contributed by atoms with Crippen LogP contribution in [-0.2, 0) is 9.53 Å². The van der Waals surface area contributed by atoms with Crippen LogP contribution >= 0.6 is 11.8 Å². The summed E-state index contributed by atoms with van der Waals surface area (Å²) in [5.41, 5.74) is 2.30. The Morgan fingerprint density at radius 2 is 2.19 bits per heavy atom. The predicted molar refractivity (Wildman–Crippen MR) is 114 cm³/mol. The number of carbonyl (C=O) groups is 2. The molecule has 12 nitrogen and oxygen atoms in total. The van der Waals surface area contributed by atoms with E-state index in [1.807, 2.05) is 19.9 Å². The van der Waals surface area contributed by atoms with Gasteiger partial charge in [0.05, 0.1) is 24.1 Å². The van der Waals surface area contributed by atoms with Crippen LogP contribution in [0.5, 0.6) is 0 Å². The van der Waals surface area contributed by atoms with Crippen LogP contribution < -0.4 is 16.5 Å². The Morgan fingerprint density at radius 1 is 1.38 bits per heavy atom. The number of hydrogen-bond acceptors (Lipinski definition) is 9. The zero-order valence-electron chi connectivity index (χ0n) is 17.7. The Labute approximate surface area is 187 Å². The number of nitrogen functional groups attached to an aromatic ring is 1. The van der Waals surface area contributed by atoms with Crippen molar-refractivity contribution in [2.45, 2.75) is 32.0 Å². The number of aryl methyl sites for hydroxylation is 2. The van der Waals surface area contributed by atoms with Gasteiger partial charge in [-0.05, 0) is 39.0 Å². The van der Waals surface area contributed by atoms with Crippen LogP contribution in [-0.4, -0.2) is 49.0 Å². The number of aromatic nitrogens is 5. The molecule has 13 heteroatoms. The summed E-state index contributed by atoms with van der Waals surface area (Å²) < 4.78 is 13.5. The maximum absolute atomic E-state index is 12.7. The summed E-state index contributed by atoms with van der Waals surface area (Å²) in [6.07, 6.45) is 1.47. The molecule has 4 N–H and O–H groups in total. The molecule has 4 rings (SSSR count). The van der Waals surface area contributed by atoms with Gasteiger partial charge >= 0.3 is 12.0 Å². The number of nitrogens with one attached hydrogen (secondary N) is 2. The highest BCUT2D eigenvalue weighted by Gasteiger charge is 2.35.